The Kier molecular flexibility index (Phi) is 4.87. The van der Waals surface area contributed by atoms with E-state index in [-0.39, 0.29) is 17.1 Å². The molecule has 1 aliphatic heterocycles. The second kappa shape index (κ2) is 7.62. The zero-order valence-electron chi connectivity index (χ0n) is 18.7. The Hall–Kier alpha value is -3.42. The number of anilines is 1. The van der Waals surface area contributed by atoms with E-state index in [1.165, 1.54) is 0 Å². The lowest BCUT2D eigenvalue weighted by molar-refractivity contribution is 0.0748. The maximum atomic E-state index is 13.3. The molecule has 2 aromatic heterocycles. The summed E-state index contributed by atoms with van der Waals surface area (Å²) in [6.07, 6.45) is 4.43. The molecule has 3 heterocycles. The van der Waals surface area contributed by atoms with Crippen molar-refractivity contribution in [3.8, 4) is 5.75 Å². The number of hydrogen-bond donors (Lipinski definition) is 0. The normalized spacial score (nSPS) is 18.0. The standard InChI is InChI=1S/C24H27N5O3/c1-24(2)12-20-18(21(30)13-24)14-25-22-19(15-26-29(20)22)23(31)28-10-8-27(9-11-28)16-4-6-17(32-3)7-5-16/h4-7,14-15H,8-13H2,1-3H3. The van der Waals surface area contributed by atoms with Crippen LogP contribution in [0.2, 0.25) is 0 Å². The molecule has 5 rings (SSSR count). The molecule has 8 heteroatoms. The summed E-state index contributed by atoms with van der Waals surface area (Å²) >= 11 is 0. The Morgan fingerprint density at radius 3 is 2.44 bits per heavy atom. The molecule has 0 radical (unpaired) electrons. The van der Waals surface area contributed by atoms with Gasteiger partial charge < -0.3 is 14.5 Å². The van der Waals surface area contributed by atoms with Crippen molar-refractivity contribution in [1.82, 2.24) is 19.5 Å². The Labute approximate surface area is 186 Å². The minimum Gasteiger partial charge on any atom is -0.497 e. The van der Waals surface area contributed by atoms with E-state index in [0.717, 1.165) is 36.6 Å². The lowest BCUT2D eigenvalue weighted by Gasteiger charge is -2.36. The predicted octanol–water partition coefficient (Wildman–Crippen LogP) is 2.86. The smallest absolute Gasteiger partial charge is 0.259 e. The fraction of sp³-hybridized carbons (Fsp3) is 0.417. The van der Waals surface area contributed by atoms with Crippen molar-refractivity contribution in [2.45, 2.75) is 26.7 Å². The van der Waals surface area contributed by atoms with Gasteiger partial charge >= 0.3 is 0 Å². The van der Waals surface area contributed by atoms with Crippen LogP contribution in [0.25, 0.3) is 5.65 Å². The maximum Gasteiger partial charge on any atom is 0.259 e. The molecule has 1 amide bonds. The Bertz CT molecular complexity index is 1190. The minimum atomic E-state index is -0.133. The molecule has 1 aromatic carbocycles. The third kappa shape index (κ3) is 3.49. The lowest BCUT2D eigenvalue weighted by atomic mass is 9.76. The average molecular weight is 434 g/mol. The molecule has 32 heavy (non-hydrogen) atoms. The van der Waals surface area contributed by atoms with Crippen LogP contribution in [0, 0.1) is 5.41 Å². The zero-order valence-corrected chi connectivity index (χ0v) is 18.7. The quantitative estimate of drug-likeness (QED) is 0.632. The number of Topliss-reactive ketones (excluding diaryl/α,β-unsaturated/α-hetero) is 1. The van der Waals surface area contributed by atoms with Gasteiger partial charge in [0.2, 0.25) is 0 Å². The van der Waals surface area contributed by atoms with Crippen LogP contribution in [0.4, 0.5) is 5.69 Å². The van der Waals surface area contributed by atoms with Crippen LogP contribution >= 0.6 is 0 Å². The summed E-state index contributed by atoms with van der Waals surface area (Å²) < 4.78 is 6.92. The van der Waals surface area contributed by atoms with Gasteiger partial charge in [-0.2, -0.15) is 5.10 Å². The van der Waals surface area contributed by atoms with Crippen LogP contribution in [-0.4, -0.2) is 64.5 Å². The van der Waals surface area contributed by atoms with Gasteiger partial charge in [0.25, 0.3) is 5.91 Å². The molecule has 2 aliphatic rings. The van der Waals surface area contributed by atoms with Crippen LogP contribution in [0.5, 0.6) is 5.75 Å². The second-order valence-corrected chi connectivity index (χ2v) is 9.33. The third-order valence-corrected chi connectivity index (χ3v) is 6.45. The highest BCUT2D eigenvalue weighted by molar-refractivity contribution is 6.01. The Balaban J connectivity index is 1.35. The molecule has 0 saturated carbocycles. The van der Waals surface area contributed by atoms with Gasteiger partial charge in [-0.15, -0.1) is 0 Å². The Morgan fingerprint density at radius 2 is 1.75 bits per heavy atom. The number of carbonyl (C=O) groups is 2. The van der Waals surface area contributed by atoms with Gasteiger partial charge in [-0.05, 0) is 36.1 Å². The highest BCUT2D eigenvalue weighted by atomic mass is 16.5. The van der Waals surface area contributed by atoms with E-state index < -0.39 is 0 Å². The number of rotatable bonds is 3. The highest BCUT2D eigenvalue weighted by Gasteiger charge is 2.34. The van der Waals surface area contributed by atoms with E-state index in [1.54, 1.807) is 24.0 Å². The zero-order chi connectivity index (χ0) is 22.5. The van der Waals surface area contributed by atoms with Gasteiger partial charge in [-0.25, -0.2) is 9.50 Å². The second-order valence-electron chi connectivity index (χ2n) is 9.33. The monoisotopic (exact) mass is 433 g/mol. The molecule has 1 aliphatic carbocycles. The molecule has 166 valence electrons. The molecule has 1 fully saturated rings. The number of amides is 1. The highest BCUT2D eigenvalue weighted by Crippen LogP contribution is 2.34. The average Bonchev–Trinajstić information content (AvgIpc) is 3.23. The Morgan fingerprint density at radius 1 is 1.03 bits per heavy atom. The first-order chi connectivity index (χ1) is 15.4. The number of ketones is 1. The summed E-state index contributed by atoms with van der Waals surface area (Å²) in [7, 11) is 1.66. The number of fused-ring (bicyclic) bond motifs is 3. The number of aromatic nitrogens is 3. The van der Waals surface area contributed by atoms with Crippen LogP contribution in [0.1, 0.15) is 46.7 Å². The topological polar surface area (TPSA) is 80.0 Å². The molecular formula is C24H27N5O3. The largest absolute Gasteiger partial charge is 0.497 e. The number of piperazine rings is 1. The maximum absolute atomic E-state index is 13.3. The summed E-state index contributed by atoms with van der Waals surface area (Å²) in [6.45, 7) is 6.92. The first-order valence-electron chi connectivity index (χ1n) is 10.9. The van der Waals surface area contributed by atoms with Crippen LogP contribution in [0.3, 0.4) is 0 Å². The summed E-state index contributed by atoms with van der Waals surface area (Å²) in [5.74, 6) is 0.849. The van der Waals surface area contributed by atoms with E-state index in [4.69, 9.17) is 4.74 Å². The van der Waals surface area contributed by atoms with Crippen LogP contribution < -0.4 is 9.64 Å². The SMILES string of the molecule is COc1ccc(N2CCN(C(=O)c3cnn4c5c(cnc34)C(=O)CC(C)(C)C5)CC2)cc1. The van der Waals surface area contributed by atoms with Crippen molar-refractivity contribution < 1.29 is 14.3 Å². The first-order valence-corrected chi connectivity index (χ1v) is 10.9. The fourth-order valence-corrected chi connectivity index (χ4v) is 4.71. The summed E-state index contributed by atoms with van der Waals surface area (Å²) in [6, 6.07) is 7.98. The third-order valence-electron chi connectivity index (χ3n) is 6.45. The fourth-order valence-electron chi connectivity index (χ4n) is 4.71. The van der Waals surface area contributed by atoms with Crippen molar-refractivity contribution in [3.63, 3.8) is 0 Å². The number of methoxy groups -OCH3 is 1. The number of benzene rings is 1. The van der Waals surface area contributed by atoms with Crippen molar-refractivity contribution in [1.29, 1.82) is 0 Å². The minimum absolute atomic E-state index is 0.0665. The van der Waals surface area contributed by atoms with Gasteiger partial charge in [-0.3, -0.25) is 9.59 Å². The number of hydrogen-bond acceptors (Lipinski definition) is 6. The van der Waals surface area contributed by atoms with Gasteiger partial charge in [-0.1, -0.05) is 13.8 Å². The summed E-state index contributed by atoms with van der Waals surface area (Å²) in [5.41, 5.74) is 3.46. The van der Waals surface area contributed by atoms with Gasteiger partial charge in [0, 0.05) is 44.5 Å². The van der Waals surface area contributed by atoms with Gasteiger partial charge in [0.05, 0.1) is 24.6 Å². The van der Waals surface area contributed by atoms with Crippen molar-refractivity contribution in [3.05, 3.63) is 53.5 Å². The van der Waals surface area contributed by atoms with E-state index in [9.17, 15) is 9.59 Å². The van der Waals surface area contributed by atoms with Gasteiger partial charge in [0.15, 0.2) is 11.4 Å². The molecular weight excluding hydrogens is 406 g/mol. The molecule has 8 nitrogen and oxygen atoms in total. The van der Waals surface area contributed by atoms with Gasteiger partial charge in [0.1, 0.15) is 11.3 Å². The van der Waals surface area contributed by atoms with E-state index >= 15 is 0 Å². The van der Waals surface area contributed by atoms with E-state index in [2.05, 4.69) is 28.8 Å². The van der Waals surface area contributed by atoms with Crippen molar-refractivity contribution >= 4 is 23.0 Å². The summed E-state index contributed by atoms with van der Waals surface area (Å²) in [5, 5.41) is 4.46. The molecule has 0 unspecified atom stereocenters. The van der Waals surface area contributed by atoms with Crippen LogP contribution in [0.15, 0.2) is 36.7 Å². The van der Waals surface area contributed by atoms with Crippen molar-refractivity contribution in [2.24, 2.45) is 5.41 Å². The van der Waals surface area contributed by atoms with E-state index in [1.807, 2.05) is 29.2 Å². The number of ether oxygens (including phenoxy) is 1. The molecule has 3 aromatic rings. The molecule has 0 N–H and O–H groups in total. The molecule has 1 saturated heterocycles. The lowest BCUT2D eigenvalue weighted by Crippen LogP contribution is -2.48. The first kappa shape index (κ1) is 20.5. The van der Waals surface area contributed by atoms with Crippen LogP contribution in [-0.2, 0) is 6.42 Å². The number of nitrogens with zero attached hydrogens (tertiary/aromatic N) is 5. The van der Waals surface area contributed by atoms with E-state index in [0.29, 0.717) is 36.3 Å². The molecule has 0 spiro atoms. The summed E-state index contributed by atoms with van der Waals surface area (Å²) in [4.78, 5) is 34.4. The predicted molar refractivity (Wildman–Crippen MR) is 121 cm³/mol. The molecule has 0 atom stereocenters. The molecule has 0 bridgehead atoms. The number of carbonyl (C=O) groups excluding carboxylic acids is 2. The van der Waals surface area contributed by atoms with Crippen molar-refractivity contribution in [2.75, 3.05) is 38.2 Å².